The summed E-state index contributed by atoms with van der Waals surface area (Å²) in [5.74, 6) is 1.73. The maximum atomic E-state index is 12.3. The molecule has 3 aromatic carbocycles. The third kappa shape index (κ3) is 6.32. The van der Waals surface area contributed by atoms with Crippen molar-refractivity contribution in [1.29, 1.82) is 0 Å². The molecule has 0 aliphatic heterocycles. The van der Waals surface area contributed by atoms with E-state index in [1.54, 1.807) is 37.4 Å². The van der Waals surface area contributed by atoms with E-state index in [9.17, 15) is 4.79 Å². The molecule has 30 heavy (non-hydrogen) atoms. The molecule has 0 unspecified atom stereocenters. The van der Waals surface area contributed by atoms with Crippen LogP contribution in [0.4, 0.5) is 11.4 Å². The van der Waals surface area contributed by atoms with Gasteiger partial charge in [0.15, 0.2) is 0 Å². The number of hydrogen-bond acceptors (Lipinski definition) is 5. The normalized spacial score (nSPS) is 10.2. The Morgan fingerprint density at radius 2 is 1.63 bits per heavy atom. The van der Waals surface area contributed by atoms with E-state index < -0.39 is 0 Å². The van der Waals surface area contributed by atoms with Crippen LogP contribution in [0.15, 0.2) is 72.8 Å². The smallest absolute Gasteiger partial charge is 0.243 e. The van der Waals surface area contributed by atoms with Crippen molar-refractivity contribution in [3.63, 3.8) is 0 Å². The van der Waals surface area contributed by atoms with Crippen LogP contribution < -0.4 is 24.8 Å². The Morgan fingerprint density at radius 1 is 0.900 bits per heavy atom. The second-order valence-corrected chi connectivity index (χ2v) is 6.66. The van der Waals surface area contributed by atoms with Crippen LogP contribution >= 0.6 is 11.6 Å². The number of halogens is 1. The van der Waals surface area contributed by atoms with Crippen LogP contribution in [0.1, 0.15) is 0 Å². The topological polar surface area (TPSA) is 68.8 Å². The summed E-state index contributed by atoms with van der Waals surface area (Å²) < 4.78 is 16.5. The standard InChI is InChI=1S/C23H23ClN2O4/c1-28-21-12-11-17(15-19(21)24)25-16-23(27)26-20-9-5-6-10-22(20)30-14-13-29-18-7-3-2-4-8-18/h2-12,15,25H,13-14,16H2,1H3,(H,26,27). The molecule has 0 spiro atoms. The molecule has 1 amide bonds. The minimum atomic E-state index is -0.210. The first-order valence-electron chi connectivity index (χ1n) is 9.42. The third-order valence-electron chi connectivity index (χ3n) is 4.12. The molecule has 6 nitrogen and oxygen atoms in total. The number of para-hydroxylation sites is 3. The van der Waals surface area contributed by atoms with Gasteiger partial charge in [0.05, 0.1) is 24.4 Å². The Balaban J connectivity index is 1.48. The van der Waals surface area contributed by atoms with E-state index >= 15 is 0 Å². The second kappa shape index (κ2) is 11.0. The van der Waals surface area contributed by atoms with E-state index in [1.807, 2.05) is 42.5 Å². The Kier molecular flexibility index (Phi) is 7.80. The van der Waals surface area contributed by atoms with Crippen LogP contribution in [-0.4, -0.2) is 32.8 Å². The maximum Gasteiger partial charge on any atom is 0.243 e. The van der Waals surface area contributed by atoms with Crippen LogP contribution in [0.2, 0.25) is 5.02 Å². The molecule has 0 bridgehead atoms. The molecule has 3 aromatic rings. The highest BCUT2D eigenvalue weighted by Gasteiger charge is 2.09. The van der Waals surface area contributed by atoms with Crippen LogP contribution in [-0.2, 0) is 4.79 Å². The molecule has 3 rings (SSSR count). The van der Waals surface area contributed by atoms with E-state index in [0.29, 0.717) is 35.4 Å². The molecule has 0 saturated heterocycles. The lowest BCUT2D eigenvalue weighted by Gasteiger charge is -2.14. The molecule has 156 valence electrons. The van der Waals surface area contributed by atoms with E-state index in [-0.39, 0.29) is 12.5 Å². The molecule has 0 heterocycles. The lowest BCUT2D eigenvalue weighted by molar-refractivity contribution is -0.114. The van der Waals surface area contributed by atoms with Gasteiger partial charge in [0, 0.05) is 5.69 Å². The minimum absolute atomic E-state index is 0.0775. The summed E-state index contributed by atoms with van der Waals surface area (Å²) in [5.41, 5.74) is 1.32. The Bertz CT molecular complexity index is 966. The summed E-state index contributed by atoms with van der Waals surface area (Å²) in [7, 11) is 1.55. The quantitative estimate of drug-likeness (QED) is 0.453. The number of ether oxygens (including phenoxy) is 3. The summed E-state index contributed by atoms with van der Waals surface area (Å²) in [6.07, 6.45) is 0. The number of nitrogens with one attached hydrogen (secondary N) is 2. The monoisotopic (exact) mass is 426 g/mol. The van der Waals surface area contributed by atoms with Gasteiger partial charge in [-0.05, 0) is 42.5 Å². The van der Waals surface area contributed by atoms with Gasteiger partial charge < -0.3 is 24.8 Å². The van der Waals surface area contributed by atoms with Crippen molar-refractivity contribution in [2.24, 2.45) is 0 Å². The van der Waals surface area contributed by atoms with Crippen molar-refractivity contribution in [2.45, 2.75) is 0 Å². The fraction of sp³-hybridized carbons (Fsp3) is 0.174. The molecule has 0 aliphatic rings. The van der Waals surface area contributed by atoms with Crippen molar-refractivity contribution >= 4 is 28.9 Å². The van der Waals surface area contributed by atoms with Crippen LogP contribution in [0.5, 0.6) is 17.2 Å². The second-order valence-electron chi connectivity index (χ2n) is 6.26. The van der Waals surface area contributed by atoms with Crippen molar-refractivity contribution in [3.05, 3.63) is 77.8 Å². The van der Waals surface area contributed by atoms with Crippen molar-refractivity contribution in [3.8, 4) is 17.2 Å². The molecule has 0 aliphatic carbocycles. The van der Waals surface area contributed by atoms with E-state index in [4.69, 9.17) is 25.8 Å². The summed E-state index contributed by atoms with van der Waals surface area (Å²) in [5, 5.41) is 6.36. The van der Waals surface area contributed by atoms with Gasteiger partial charge in [-0.3, -0.25) is 4.79 Å². The molecule has 0 atom stereocenters. The molecule has 0 radical (unpaired) electrons. The zero-order chi connectivity index (χ0) is 21.2. The molecule has 0 aromatic heterocycles. The highest BCUT2D eigenvalue weighted by molar-refractivity contribution is 6.32. The summed E-state index contributed by atoms with van der Waals surface area (Å²) >= 11 is 6.10. The van der Waals surface area contributed by atoms with E-state index in [2.05, 4.69) is 10.6 Å². The number of carbonyl (C=O) groups is 1. The number of anilines is 2. The first kappa shape index (κ1) is 21.3. The minimum Gasteiger partial charge on any atom is -0.495 e. The van der Waals surface area contributed by atoms with Gasteiger partial charge in [0.1, 0.15) is 30.5 Å². The largest absolute Gasteiger partial charge is 0.495 e. The maximum absolute atomic E-state index is 12.3. The lowest BCUT2D eigenvalue weighted by Crippen LogP contribution is -2.22. The predicted molar refractivity (Wildman–Crippen MR) is 119 cm³/mol. The number of benzene rings is 3. The van der Waals surface area contributed by atoms with Crippen LogP contribution in [0.3, 0.4) is 0 Å². The molecule has 0 fully saturated rings. The molecule has 7 heteroatoms. The van der Waals surface area contributed by atoms with Gasteiger partial charge in [-0.1, -0.05) is 41.9 Å². The molecule has 0 saturated carbocycles. The van der Waals surface area contributed by atoms with Gasteiger partial charge in [-0.2, -0.15) is 0 Å². The van der Waals surface area contributed by atoms with Crippen molar-refractivity contribution in [2.75, 3.05) is 37.5 Å². The number of hydrogen-bond donors (Lipinski definition) is 2. The zero-order valence-electron chi connectivity index (χ0n) is 16.6. The Morgan fingerprint density at radius 3 is 2.40 bits per heavy atom. The average molecular weight is 427 g/mol. The first-order valence-corrected chi connectivity index (χ1v) is 9.80. The average Bonchev–Trinajstić information content (AvgIpc) is 2.77. The molecular weight excluding hydrogens is 404 g/mol. The zero-order valence-corrected chi connectivity index (χ0v) is 17.3. The summed E-state index contributed by atoms with van der Waals surface area (Å²) in [6.45, 7) is 0.824. The summed E-state index contributed by atoms with van der Waals surface area (Å²) in [6, 6.07) is 22.0. The number of methoxy groups -OCH3 is 1. The first-order chi connectivity index (χ1) is 14.7. The van der Waals surface area contributed by atoms with Gasteiger partial charge in [0.25, 0.3) is 0 Å². The van der Waals surface area contributed by atoms with Gasteiger partial charge in [-0.15, -0.1) is 0 Å². The predicted octanol–water partition coefficient (Wildman–Crippen LogP) is 4.86. The van der Waals surface area contributed by atoms with Gasteiger partial charge >= 0.3 is 0 Å². The highest BCUT2D eigenvalue weighted by Crippen LogP contribution is 2.27. The number of rotatable bonds is 10. The SMILES string of the molecule is COc1ccc(NCC(=O)Nc2ccccc2OCCOc2ccccc2)cc1Cl. The molecule has 2 N–H and O–H groups in total. The van der Waals surface area contributed by atoms with Crippen LogP contribution in [0.25, 0.3) is 0 Å². The van der Waals surface area contributed by atoms with Gasteiger partial charge in [0.2, 0.25) is 5.91 Å². The third-order valence-corrected chi connectivity index (χ3v) is 4.41. The Hall–Kier alpha value is -3.38. The number of amides is 1. The highest BCUT2D eigenvalue weighted by atomic mass is 35.5. The van der Waals surface area contributed by atoms with Crippen molar-refractivity contribution < 1.29 is 19.0 Å². The van der Waals surface area contributed by atoms with Gasteiger partial charge in [-0.25, -0.2) is 0 Å². The Labute approximate surface area is 180 Å². The van der Waals surface area contributed by atoms with E-state index in [0.717, 1.165) is 11.4 Å². The van der Waals surface area contributed by atoms with Crippen molar-refractivity contribution in [1.82, 2.24) is 0 Å². The summed E-state index contributed by atoms with van der Waals surface area (Å²) in [4.78, 5) is 12.3. The lowest BCUT2D eigenvalue weighted by atomic mass is 10.3. The van der Waals surface area contributed by atoms with Crippen LogP contribution in [0, 0.1) is 0 Å². The molecular formula is C23H23ClN2O4. The fourth-order valence-electron chi connectivity index (χ4n) is 2.68. The fourth-order valence-corrected chi connectivity index (χ4v) is 2.93. The number of carbonyl (C=O) groups excluding carboxylic acids is 1. The van der Waals surface area contributed by atoms with E-state index in [1.165, 1.54) is 0 Å².